The van der Waals surface area contributed by atoms with Crippen molar-refractivity contribution in [3.8, 4) is 11.5 Å². The zero-order chi connectivity index (χ0) is 25.1. The first-order valence-corrected chi connectivity index (χ1v) is 11.3. The fourth-order valence-corrected chi connectivity index (χ4v) is 4.04. The minimum atomic E-state index is -0.789. The fraction of sp³-hybridized carbons (Fsp3) is 0.174. The number of amidine groups is 2. The van der Waals surface area contributed by atoms with E-state index in [9.17, 15) is 19.7 Å². The highest BCUT2D eigenvalue weighted by Gasteiger charge is 2.35. The van der Waals surface area contributed by atoms with Crippen LogP contribution in [0.5, 0.6) is 11.5 Å². The Morgan fingerprint density at radius 3 is 2.74 bits per heavy atom. The summed E-state index contributed by atoms with van der Waals surface area (Å²) >= 11 is 1.26. The van der Waals surface area contributed by atoms with Crippen LogP contribution in [0.2, 0.25) is 0 Å². The Hall–Kier alpha value is -4.32. The van der Waals surface area contributed by atoms with Crippen molar-refractivity contribution in [3.05, 3.63) is 69.3 Å². The lowest BCUT2D eigenvalue weighted by molar-refractivity contribution is -0.384. The highest BCUT2D eigenvalue weighted by atomic mass is 32.2. The number of carbonyl (C=O) groups is 2. The number of nitrogens with one attached hydrogen (secondary N) is 1. The van der Waals surface area contributed by atoms with Gasteiger partial charge < -0.3 is 9.47 Å². The zero-order valence-corrected chi connectivity index (χ0v) is 19.5. The highest BCUT2D eigenvalue weighted by Crippen LogP contribution is 2.32. The molecule has 0 aromatic heterocycles. The first-order chi connectivity index (χ1) is 16.8. The molecule has 0 atom stereocenters. The lowest BCUT2D eigenvalue weighted by Gasteiger charge is -2.20. The van der Waals surface area contributed by atoms with E-state index >= 15 is 0 Å². The van der Waals surface area contributed by atoms with Crippen LogP contribution in [0.25, 0.3) is 6.08 Å². The Labute approximate surface area is 203 Å². The van der Waals surface area contributed by atoms with E-state index < -0.39 is 16.8 Å². The summed E-state index contributed by atoms with van der Waals surface area (Å²) < 4.78 is 11.0. The van der Waals surface area contributed by atoms with Crippen LogP contribution in [-0.2, 0) is 4.79 Å². The molecule has 0 aliphatic carbocycles. The highest BCUT2D eigenvalue weighted by molar-refractivity contribution is 8.26. The molecular formula is C23H19N5O6S. The van der Waals surface area contributed by atoms with Crippen LogP contribution in [0, 0.1) is 15.5 Å². The van der Waals surface area contributed by atoms with Crippen molar-refractivity contribution in [1.82, 2.24) is 5.01 Å². The molecule has 0 unspecified atom stereocenters. The van der Waals surface area contributed by atoms with Crippen LogP contribution in [0.15, 0.2) is 58.1 Å². The molecule has 0 saturated heterocycles. The molecule has 0 spiro atoms. The van der Waals surface area contributed by atoms with E-state index in [1.807, 2.05) is 6.92 Å². The van der Waals surface area contributed by atoms with Crippen molar-refractivity contribution >= 4 is 51.4 Å². The molecular weight excluding hydrogens is 474 g/mol. The number of non-ortho nitro benzene ring substituents is 1. The average Bonchev–Trinajstić information content (AvgIpc) is 3.26. The maximum Gasteiger partial charge on any atom is 0.343 e. The van der Waals surface area contributed by atoms with Gasteiger partial charge in [-0.15, -0.1) is 0 Å². The van der Waals surface area contributed by atoms with E-state index in [0.29, 0.717) is 17.2 Å². The molecule has 2 aromatic rings. The van der Waals surface area contributed by atoms with Gasteiger partial charge in [0.25, 0.3) is 11.6 Å². The van der Waals surface area contributed by atoms with E-state index in [0.717, 1.165) is 11.1 Å². The molecule has 0 radical (unpaired) electrons. The summed E-state index contributed by atoms with van der Waals surface area (Å²) in [6.45, 7) is 3.95. The SMILES string of the molecule is CCOc1cc(/C=C2\C(=N)N3N=C(CC)SC3=NC2=O)ccc1OC(=O)c1cccc([N+](=O)[O-])c1. The number of aliphatic imine (C=N–C) groups is 1. The summed E-state index contributed by atoms with van der Waals surface area (Å²) in [6, 6.07) is 9.83. The third-order valence-electron chi connectivity index (χ3n) is 4.87. The van der Waals surface area contributed by atoms with E-state index in [1.54, 1.807) is 19.1 Å². The molecule has 178 valence electrons. The number of benzene rings is 2. The minimum Gasteiger partial charge on any atom is -0.490 e. The van der Waals surface area contributed by atoms with Crippen molar-refractivity contribution in [3.63, 3.8) is 0 Å². The zero-order valence-electron chi connectivity index (χ0n) is 18.7. The van der Waals surface area contributed by atoms with Gasteiger partial charge in [0.1, 0.15) is 5.04 Å². The first-order valence-electron chi connectivity index (χ1n) is 10.5. The number of nitro groups is 1. The summed E-state index contributed by atoms with van der Waals surface area (Å²) in [5.41, 5.74) is 0.350. The third-order valence-corrected chi connectivity index (χ3v) is 5.93. The van der Waals surface area contributed by atoms with E-state index in [1.165, 1.54) is 47.1 Å². The summed E-state index contributed by atoms with van der Waals surface area (Å²) in [7, 11) is 0. The Kier molecular flexibility index (Phi) is 6.73. The maximum absolute atomic E-state index is 12.6. The van der Waals surface area contributed by atoms with Crippen LogP contribution in [0.4, 0.5) is 5.69 Å². The molecule has 2 aliphatic heterocycles. The Balaban J connectivity index is 1.61. The van der Waals surface area contributed by atoms with Gasteiger partial charge in [-0.05, 0) is 54.9 Å². The van der Waals surface area contributed by atoms with Crippen molar-refractivity contribution in [2.75, 3.05) is 6.61 Å². The number of hydrogen-bond acceptors (Lipinski definition) is 9. The molecule has 2 heterocycles. The predicted molar refractivity (Wildman–Crippen MR) is 131 cm³/mol. The molecule has 2 aliphatic rings. The fourth-order valence-electron chi connectivity index (χ4n) is 3.21. The summed E-state index contributed by atoms with van der Waals surface area (Å²) in [6.07, 6.45) is 2.15. The first kappa shape index (κ1) is 23.8. The number of rotatable bonds is 7. The smallest absolute Gasteiger partial charge is 0.343 e. The van der Waals surface area contributed by atoms with Gasteiger partial charge in [0.2, 0.25) is 5.17 Å². The lowest BCUT2D eigenvalue weighted by atomic mass is 10.1. The number of fused-ring (bicyclic) bond motifs is 1. The van der Waals surface area contributed by atoms with E-state index in [-0.39, 0.29) is 40.8 Å². The van der Waals surface area contributed by atoms with Crippen LogP contribution in [-0.4, -0.2) is 44.5 Å². The van der Waals surface area contributed by atoms with Crippen LogP contribution in [0.3, 0.4) is 0 Å². The van der Waals surface area contributed by atoms with Gasteiger partial charge in [0.05, 0.1) is 22.7 Å². The number of nitrogens with zero attached hydrogens (tertiary/aromatic N) is 4. The van der Waals surface area contributed by atoms with Gasteiger partial charge in [0.15, 0.2) is 17.3 Å². The lowest BCUT2D eigenvalue weighted by Crippen LogP contribution is -2.35. The van der Waals surface area contributed by atoms with Crippen LogP contribution in [0.1, 0.15) is 36.2 Å². The molecule has 1 N–H and O–H groups in total. The number of hydrazone groups is 1. The molecule has 2 aromatic carbocycles. The number of thioether (sulfide) groups is 1. The van der Waals surface area contributed by atoms with Crippen LogP contribution < -0.4 is 9.47 Å². The molecule has 0 fully saturated rings. The normalized spacial score (nSPS) is 16.1. The van der Waals surface area contributed by atoms with Crippen molar-refractivity contribution in [1.29, 1.82) is 5.41 Å². The second kappa shape index (κ2) is 9.89. The van der Waals surface area contributed by atoms with Gasteiger partial charge in [0, 0.05) is 12.1 Å². The number of hydrogen-bond donors (Lipinski definition) is 1. The number of esters is 1. The molecule has 0 saturated carbocycles. The number of nitro benzene ring substituents is 1. The molecule has 12 heteroatoms. The van der Waals surface area contributed by atoms with Gasteiger partial charge >= 0.3 is 5.97 Å². The summed E-state index contributed by atoms with van der Waals surface area (Å²) in [5.74, 6) is -1.11. The topological polar surface area (TPSA) is 148 Å². The Morgan fingerprint density at radius 2 is 2.03 bits per heavy atom. The average molecular weight is 494 g/mol. The predicted octanol–water partition coefficient (Wildman–Crippen LogP) is 4.24. The quantitative estimate of drug-likeness (QED) is 0.198. The largest absolute Gasteiger partial charge is 0.490 e. The van der Waals surface area contributed by atoms with Gasteiger partial charge in [-0.25, -0.2) is 4.79 Å². The third kappa shape index (κ3) is 4.96. The van der Waals surface area contributed by atoms with E-state index in [2.05, 4.69) is 10.1 Å². The van der Waals surface area contributed by atoms with Gasteiger partial charge in [-0.1, -0.05) is 19.1 Å². The molecule has 35 heavy (non-hydrogen) atoms. The van der Waals surface area contributed by atoms with Crippen molar-refractivity contribution in [2.45, 2.75) is 20.3 Å². The Bertz CT molecular complexity index is 1350. The summed E-state index contributed by atoms with van der Waals surface area (Å²) in [5, 5.41) is 26.2. The minimum absolute atomic E-state index is 0.0123. The number of amides is 1. The standard InChI is InChI=1S/C23H19N5O6S/c1-3-19-26-27-20(24)16(21(29)25-23(27)35-19)10-13-8-9-17(18(11-13)33-4-2)34-22(30)14-6-5-7-15(12-14)28(31)32/h5-12,24H,3-4H2,1-2H3/b16-10+,24-20?. The van der Waals surface area contributed by atoms with Gasteiger partial charge in [-0.3, -0.25) is 20.3 Å². The van der Waals surface area contributed by atoms with Gasteiger partial charge in [-0.2, -0.15) is 15.1 Å². The second-order valence-corrected chi connectivity index (χ2v) is 8.24. The Morgan fingerprint density at radius 1 is 1.23 bits per heavy atom. The summed E-state index contributed by atoms with van der Waals surface area (Å²) in [4.78, 5) is 39.6. The molecule has 11 nitrogen and oxygen atoms in total. The molecule has 4 rings (SSSR count). The number of carbonyl (C=O) groups excluding carboxylic acids is 2. The molecule has 0 bridgehead atoms. The monoisotopic (exact) mass is 493 g/mol. The molecule has 1 amide bonds. The van der Waals surface area contributed by atoms with Crippen LogP contribution >= 0.6 is 11.8 Å². The van der Waals surface area contributed by atoms with Crippen molar-refractivity contribution < 1.29 is 24.0 Å². The van der Waals surface area contributed by atoms with Crippen molar-refractivity contribution in [2.24, 2.45) is 10.1 Å². The second-order valence-electron chi connectivity index (χ2n) is 7.20. The maximum atomic E-state index is 12.6. The van der Waals surface area contributed by atoms with E-state index in [4.69, 9.17) is 14.9 Å². The number of ether oxygens (including phenoxy) is 2.